The van der Waals surface area contributed by atoms with Crippen molar-refractivity contribution in [2.75, 3.05) is 13.1 Å². The van der Waals surface area contributed by atoms with Crippen molar-refractivity contribution >= 4 is 39.2 Å². The summed E-state index contributed by atoms with van der Waals surface area (Å²) < 4.78 is 17.8. The predicted octanol–water partition coefficient (Wildman–Crippen LogP) is 3.36. The molecule has 0 saturated carbocycles. The van der Waals surface area contributed by atoms with Gasteiger partial charge in [-0.2, -0.15) is 0 Å². The molecule has 0 spiro atoms. The molecule has 0 fully saturated rings. The van der Waals surface area contributed by atoms with Gasteiger partial charge >= 0.3 is 0 Å². The van der Waals surface area contributed by atoms with Crippen LogP contribution >= 0.6 is 30.0 Å². The number of hydrogen-bond acceptors (Lipinski definition) is 3. The van der Waals surface area contributed by atoms with Gasteiger partial charge in [0.15, 0.2) is 0 Å². The van der Waals surface area contributed by atoms with E-state index in [0.29, 0.717) is 0 Å². The van der Waals surface area contributed by atoms with E-state index in [4.69, 9.17) is 0 Å². The first kappa shape index (κ1) is 11.7. The molecule has 17 heavy (non-hydrogen) atoms. The predicted molar refractivity (Wildman–Crippen MR) is 77.4 cm³/mol. The quantitative estimate of drug-likeness (QED) is 0.805. The van der Waals surface area contributed by atoms with Gasteiger partial charge in [0.2, 0.25) is 7.29 Å². The Morgan fingerprint density at radius 1 is 1.06 bits per heavy atom. The zero-order valence-electron chi connectivity index (χ0n) is 9.84. The Labute approximate surface area is 109 Å². The second-order valence-electron chi connectivity index (χ2n) is 3.99. The van der Waals surface area contributed by atoms with E-state index < -0.39 is 7.29 Å². The van der Waals surface area contributed by atoms with Crippen molar-refractivity contribution in [3.05, 3.63) is 22.9 Å². The summed E-state index contributed by atoms with van der Waals surface area (Å²) in [6, 6.07) is 4.21. The number of nitrogens with zero attached hydrogens (tertiary/aromatic N) is 1. The second-order valence-corrected chi connectivity index (χ2v) is 9.04. The second kappa shape index (κ2) is 4.06. The fourth-order valence-electron chi connectivity index (χ4n) is 2.45. The fraction of sp³-hybridized carbons (Fsp3) is 0.333. The Bertz CT molecular complexity index is 553. The molecule has 1 aliphatic heterocycles. The Hall–Kier alpha value is -0.410. The minimum Gasteiger partial charge on any atom is -0.295 e. The molecule has 0 saturated heterocycles. The summed E-state index contributed by atoms with van der Waals surface area (Å²) >= 11 is 3.28. The smallest absolute Gasteiger partial charge is 0.227 e. The van der Waals surface area contributed by atoms with Crippen molar-refractivity contribution in [3.8, 4) is 11.1 Å². The van der Waals surface area contributed by atoms with Crippen LogP contribution < -0.4 is 9.24 Å². The van der Waals surface area contributed by atoms with Gasteiger partial charge in [-0.1, -0.05) is 13.8 Å². The topological polar surface area (TPSA) is 20.3 Å². The number of hydrogen-bond donors (Lipinski definition) is 0. The summed E-state index contributed by atoms with van der Waals surface area (Å²) in [5, 5.41) is 4.11. The highest BCUT2D eigenvalue weighted by atomic mass is 32.1. The van der Waals surface area contributed by atoms with Crippen LogP contribution in [0.25, 0.3) is 11.1 Å². The van der Waals surface area contributed by atoms with Crippen LogP contribution in [0.3, 0.4) is 0 Å². The summed E-state index contributed by atoms with van der Waals surface area (Å²) in [4.78, 5) is 0. The van der Waals surface area contributed by atoms with E-state index in [2.05, 4.69) is 41.4 Å². The van der Waals surface area contributed by atoms with Gasteiger partial charge < -0.3 is 0 Å². The SMILES string of the molecule is CCN(CC)P1(=O)c2sccc2-c2ccsc21. The van der Waals surface area contributed by atoms with Gasteiger partial charge in [0, 0.05) is 24.2 Å². The van der Waals surface area contributed by atoms with Gasteiger partial charge in [0.1, 0.15) is 0 Å². The maximum absolute atomic E-state index is 13.5. The zero-order chi connectivity index (χ0) is 12.0. The minimum absolute atomic E-state index is 0.836. The van der Waals surface area contributed by atoms with Crippen LogP contribution in [0.4, 0.5) is 0 Å². The fourth-order valence-corrected chi connectivity index (χ4v) is 9.19. The highest BCUT2D eigenvalue weighted by Gasteiger charge is 2.44. The average molecular weight is 283 g/mol. The van der Waals surface area contributed by atoms with Crippen LogP contribution in [0.5, 0.6) is 0 Å². The van der Waals surface area contributed by atoms with Crippen molar-refractivity contribution in [1.29, 1.82) is 0 Å². The molecule has 2 nitrogen and oxygen atoms in total. The van der Waals surface area contributed by atoms with Crippen LogP contribution in [0.15, 0.2) is 22.9 Å². The highest BCUT2D eigenvalue weighted by molar-refractivity contribution is 7.86. The van der Waals surface area contributed by atoms with E-state index in [1.165, 1.54) is 11.1 Å². The zero-order valence-corrected chi connectivity index (χ0v) is 12.4. The first-order valence-corrected chi connectivity index (χ1v) is 9.17. The number of rotatable bonds is 3. The number of fused-ring (bicyclic) bond motifs is 3. The molecule has 0 amide bonds. The molecule has 1 aliphatic rings. The largest absolute Gasteiger partial charge is 0.295 e. The van der Waals surface area contributed by atoms with Gasteiger partial charge in [-0.15, -0.1) is 22.7 Å². The molecule has 0 aliphatic carbocycles. The minimum atomic E-state index is -2.49. The van der Waals surface area contributed by atoms with Crippen molar-refractivity contribution in [3.63, 3.8) is 0 Å². The monoisotopic (exact) mass is 283 g/mol. The van der Waals surface area contributed by atoms with Crippen LogP contribution in [0.1, 0.15) is 13.8 Å². The van der Waals surface area contributed by atoms with Crippen molar-refractivity contribution in [2.24, 2.45) is 0 Å². The van der Waals surface area contributed by atoms with E-state index in [-0.39, 0.29) is 0 Å². The summed E-state index contributed by atoms with van der Waals surface area (Å²) in [6.45, 7) is 5.84. The normalized spacial score (nSPS) is 16.2. The molecule has 0 unspecified atom stereocenters. The highest BCUT2D eigenvalue weighted by Crippen LogP contribution is 2.58. The maximum Gasteiger partial charge on any atom is 0.227 e. The molecule has 90 valence electrons. The van der Waals surface area contributed by atoms with Crippen LogP contribution in [-0.2, 0) is 4.57 Å². The van der Waals surface area contributed by atoms with Crippen molar-refractivity contribution < 1.29 is 4.57 Å². The maximum atomic E-state index is 13.5. The molecule has 0 radical (unpaired) electrons. The Morgan fingerprint density at radius 2 is 1.53 bits per heavy atom. The summed E-state index contributed by atoms with van der Waals surface area (Å²) in [6.07, 6.45) is 0. The van der Waals surface area contributed by atoms with Gasteiger partial charge in [0.25, 0.3) is 0 Å². The molecule has 2 aromatic rings. The van der Waals surface area contributed by atoms with E-state index in [0.717, 1.165) is 22.3 Å². The van der Waals surface area contributed by atoms with Crippen molar-refractivity contribution in [1.82, 2.24) is 4.67 Å². The van der Waals surface area contributed by atoms with Crippen molar-refractivity contribution in [2.45, 2.75) is 13.8 Å². The molecule has 3 heterocycles. The molecule has 2 aromatic heterocycles. The third-order valence-corrected chi connectivity index (χ3v) is 9.75. The van der Waals surface area contributed by atoms with Gasteiger partial charge in [-0.25, -0.2) is 4.67 Å². The Balaban J connectivity index is 2.29. The lowest BCUT2D eigenvalue weighted by atomic mass is 10.2. The Morgan fingerprint density at radius 3 is 1.94 bits per heavy atom. The summed E-state index contributed by atoms with van der Waals surface area (Å²) in [7, 11) is -2.49. The van der Waals surface area contributed by atoms with Gasteiger partial charge in [0.05, 0.1) is 9.24 Å². The van der Waals surface area contributed by atoms with Gasteiger partial charge in [-0.05, 0) is 22.9 Å². The third-order valence-electron chi connectivity index (χ3n) is 3.26. The van der Waals surface area contributed by atoms with E-state index in [1.54, 1.807) is 22.7 Å². The van der Waals surface area contributed by atoms with Crippen LogP contribution in [-0.4, -0.2) is 17.8 Å². The van der Waals surface area contributed by atoms with E-state index >= 15 is 0 Å². The first-order valence-electron chi connectivity index (χ1n) is 5.75. The molecule has 5 heteroatoms. The summed E-state index contributed by atoms with van der Waals surface area (Å²) in [5.41, 5.74) is 2.39. The lowest BCUT2D eigenvalue weighted by Crippen LogP contribution is -2.27. The third kappa shape index (κ3) is 1.39. The standard InChI is InChI=1S/C12H14NOPS2/c1-3-13(4-2)15(14)11-9(5-7-16-11)10-6-8-17-12(10)15/h5-8H,3-4H2,1-2H3. The first-order chi connectivity index (χ1) is 8.23. The van der Waals surface area contributed by atoms with E-state index in [1.807, 2.05) is 0 Å². The van der Waals surface area contributed by atoms with Gasteiger partial charge in [-0.3, -0.25) is 4.57 Å². The molecule has 0 N–H and O–H groups in total. The number of thiophene rings is 2. The van der Waals surface area contributed by atoms with Crippen LogP contribution in [0, 0.1) is 0 Å². The lowest BCUT2D eigenvalue weighted by molar-refractivity contribution is 0.459. The average Bonchev–Trinajstić information content (AvgIpc) is 3.00. The summed E-state index contributed by atoms with van der Waals surface area (Å²) in [5.74, 6) is 0. The molecule has 0 aromatic carbocycles. The van der Waals surface area contributed by atoms with Crippen LogP contribution in [0.2, 0.25) is 0 Å². The molecule has 0 atom stereocenters. The Kier molecular flexibility index (Phi) is 2.79. The molecular weight excluding hydrogens is 269 g/mol. The molecule has 0 bridgehead atoms. The lowest BCUT2D eigenvalue weighted by Gasteiger charge is -2.26. The molecular formula is C12H14NOPS2. The molecule has 3 rings (SSSR count). The van der Waals surface area contributed by atoms with E-state index in [9.17, 15) is 4.57 Å².